The van der Waals surface area contributed by atoms with Crippen LogP contribution in [0, 0.1) is 5.92 Å². The zero-order valence-electron chi connectivity index (χ0n) is 16.1. The zero-order valence-corrected chi connectivity index (χ0v) is 16.1. The third-order valence-electron chi connectivity index (χ3n) is 5.67. The van der Waals surface area contributed by atoms with Gasteiger partial charge in [0.1, 0.15) is 12.4 Å². The predicted octanol–water partition coefficient (Wildman–Crippen LogP) is 3.38. The summed E-state index contributed by atoms with van der Waals surface area (Å²) in [5, 5.41) is 3.16. The van der Waals surface area contributed by atoms with Crippen LogP contribution in [0.25, 0.3) is 0 Å². The van der Waals surface area contributed by atoms with E-state index >= 15 is 0 Å². The first-order chi connectivity index (χ1) is 12.7. The number of hydrogen-bond donors (Lipinski definition) is 1. The molecule has 1 aliphatic carbocycles. The van der Waals surface area contributed by atoms with Gasteiger partial charge in [-0.05, 0) is 43.7 Å². The summed E-state index contributed by atoms with van der Waals surface area (Å²) in [5.41, 5.74) is 1.10. The van der Waals surface area contributed by atoms with Crippen molar-refractivity contribution in [3.8, 4) is 5.75 Å². The van der Waals surface area contributed by atoms with Gasteiger partial charge in [0.05, 0.1) is 18.9 Å². The molecule has 144 valence electrons. The van der Waals surface area contributed by atoms with Crippen LogP contribution in [0.5, 0.6) is 5.75 Å². The minimum atomic E-state index is 0.00894. The first-order valence-electron chi connectivity index (χ1n) is 9.96. The second-order valence-electron chi connectivity index (χ2n) is 7.64. The summed E-state index contributed by atoms with van der Waals surface area (Å²) in [7, 11) is 1.70. The molecule has 1 aliphatic heterocycles. The maximum Gasteiger partial charge on any atom is 0.246 e. The van der Waals surface area contributed by atoms with Crippen molar-refractivity contribution in [2.75, 3.05) is 31.7 Å². The number of rotatable bonds is 6. The molecule has 0 spiro atoms. The number of methoxy groups -OCH3 is 1. The molecule has 0 aromatic heterocycles. The minimum absolute atomic E-state index is 0.00894. The van der Waals surface area contributed by atoms with E-state index in [1.54, 1.807) is 7.11 Å². The summed E-state index contributed by atoms with van der Waals surface area (Å²) < 4.78 is 11.4. The smallest absolute Gasteiger partial charge is 0.246 e. The number of ether oxygens (including phenoxy) is 2. The molecule has 1 saturated heterocycles. The average molecular weight is 360 g/mol. The van der Waals surface area contributed by atoms with Gasteiger partial charge >= 0.3 is 0 Å². The second kappa shape index (κ2) is 9.26. The highest BCUT2D eigenvalue weighted by Crippen LogP contribution is 2.30. The van der Waals surface area contributed by atoms with Crippen LogP contribution in [0.3, 0.4) is 0 Å². The molecule has 3 rings (SSSR count). The molecule has 1 N–H and O–H groups in total. The van der Waals surface area contributed by atoms with Crippen molar-refractivity contribution in [1.82, 2.24) is 5.32 Å². The normalized spacial score (nSPS) is 26.4. The van der Waals surface area contributed by atoms with Crippen molar-refractivity contribution < 1.29 is 14.3 Å². The fourth-order valence-corrected chi connectivity index (χ4v) is 4.19. The lowest BCUT2D eigenvalue weighted by Gasteiger charge is -2.35. The van der Waals surface area contributed by atoms with Crippen LogP contribution in [0.1, 0.15) is 45.4 Å². The van der Waals surface area contributed by atoms with E-state index < -0.39 is 0 Å². The molecule has 0 bridgehead atoms. The minimum Gasteiger partial charge on any atom is -0.495 e. The predicted molar refractivity (Wildman–Crippen MR) is 104 cm³/mol. The Morgan fingerprint density at radius 3 is 2.81 bits per heavy atom. The summed E-state index contributed by atoms with van der Waals surface area (Å²) in [6, 6.07) is 8.23. The molecule has 5 nitrogen and oxygen atoms in total. The van der Waals surface area contributed by atoms with Crippen molar-refractivity contribution >= 4 is 11.6 Å². The van der Waals surface area contributed by atoms with Gasteiger partial charge in [0.2, 0.25) is 5.91 Å². The van der Waals surface area contributed by atoms with Crippen LogP contribution in [0.4, 0.5) is 5.69 Å². The number of carbonyl (C=O) groups is 1. The van der Waals surface area contributed by atoms with Crippen molar-refractivity contribution in [3.05, 3.63) is 24.3 Å². The highest BCUT2D eigenvalue weighted by atomic mass is 16.5. The van der Waals surface area contributed by atoms with Gasteiger partial charge in [-0.1, -0.05) is 31.9 Å². The second-order valence-corrected chi connectivity index (χ2v) is 7.64. The van der Waals surface area contributed by atoms with Crippen LogP contribution in [-0.4, -0.2) is 44.9 Å². The summed E-state index contributed by atoms with van der Waals surface area (Å²) in [4.78, 5) is 14.7. The van der Waals surface area contributed by atoms with E-state index in [2.05, 4.69) is 23.2 Å². The van der Waals surface area contributed by atoms with Crippen LogP contribution in [0.15, 0.2) is 24.3 Å². The monoisotopic (exact) mass is 360 g/mol. The lowest BCUT2D eigenvalue weighted by Crippen LogP contribution is -2.49. The molecular formula is C21H32N2O3. The highest BCUT2D eigenvalue weighted by molar-refractivity contribution is 5.77. The molecule has 2 fully saturated rings. The first-order valence-corrected chi connectivity index (χ1v) is 9.96. The Morgan fingerprint density at radius 1 is 1.19 bits per heavy atom. The van der Waals surface area contributed by atoms with Gasteiger partial charge in [0.15, 0.2) is 0 Å². The van der Waals surface area contributed by atoms with Crippen molar-refractivity contribution in [1.29, 1.82) is 0 Å². The Kier molecular flexibility index (Phi) is 6.78. The molecule has 1 heterocycles. The number of piperidine rings is 1. The fraction of sp³-hybridized carbons (Fsp3) is 0.667. The Bertz CT molecular complexity index is 592. The molecular weight excluding hydrogens is 328 g/mol. The fourth-order valence-electron chi connectivity index (χ4n) is 4.19. The SMILES string of the molecule is COc1ccccc1N1CCCC(NC(=O)COC2CCCCC2C)C1. The van der Waals surface area contributed by atoms with E-state index in [4.69, 9.17) is 9.47 Å². The van der Waals surface area contributed by atoms with Gasteiger partial charge in [-0.3, -0.25) is 4.79 Å². The zero-order chi connectivity index (χ0) is 18.4. The van der Waals surface area contributed by atoms with E-state index in [0.29, 0.717) is 5.92 Å². The molecule has 1 saturated carbocycles. The van der Waals surface area contributed by atoms with Crippen LogP contribution in [0.2, 0.25) is 0 Å². The highest BCUT2D eigenvalue weighted by Gasteiger charge is 2.25. The molecule has 1 aromatic carbocycles. The number of carbonyl (C=O) groups excluding carboxylic acids is 1. The number of amides is 1. The number of benzene rings is 1. The molecule has 5 heteroatoms. The van der Waals surface area contributed by atoms with Crippen molar-refractivity contribution in [2.24, 2.45) is 5.92 Å². The van der Waals surface area contributed by atoms with E-state index in [0.717, 1.165) is 43.8 Å². The molecule has 3 atom stereocenters. The largest absolute Gasteiger partial charge is 0.495 e. The van der Waals surface area contributed by atoms with Gasteiger partial charge in [0.25, 0.3) is 0 Å². The quantitative estimate of drug-likeness (QED) is 0.845. The molecule has 2 aliphatic rings. The van der Waals surface area contributed by atoms with Crippen molar-refractivity contribution in [2.45, 2.75) is 57.6 Å². The van der Waals surface area contributed by atoms with E-state index in [-0.39, 0.29) is 24.7 Å². The summed E-state index contributed by atoms with van der Waals surface area (Å²) in [5.74, 6) is 1.45. The first kappa shape index (κ1) is 19.0. The van der Waals surface area contributed by atoms with Gasteiger partial charge in [-0.2, -0.15) is 0 Å². The van der Waals surface area contributed by atoms with E-state index in [9.17, 15) is 4.79 Å². The van der Waals surface area contributed by atoms with E-state index in [1.807, 2.05) is 18.2 Å². The molecule has 1 aromatic rings. The summed E-state index contributed by atoms with van der Waals surface area (Å²) >= 11 is 0. The Morgan fingerprint density at radius 2 is 2.00 bits per heavy atom. The average Bonchev–Trinajstić information content (AvgIpc) is 2.67. The van der Waals surface area contributed by atoms with Gasteiger partial charge in [-0.25, -0.2) is 0 Å². The Balaban J connectivity index is 1.49. The number of nitrogens with zero attached hydrogens (tertiary/aromatic N) is 1. The molecule has 3 unspecified atom stereocenters. The lowest BCUT2D eigenvalue weighted by atomic mass is 9.88. The lowest BCUT2D eigenvalue weighted by molar-refractivity contribution is -0.130. The maximum absolute atomic E-state index is 12.3. The van der Waals surface area contributed by atoms with Gasteiger partial charge in [0, 0.05) is 19.1 Å². The van der Waals surface area contributed by atoms with Gasteiger partial charge < -0.3 is 19.7 Å². The standard InChI is InChI=1S/C21H32N2O3/c1-16-8-3-5-11-19(16)26-15-21(24)22-17-9-7-13-23(14-17)18-10-4-6-12-20(18)25-2/h4,6,10,12,16-17,19H,3,5,7-9,11,13-15H2,1-2H3,(H,22,24). The number of anilines is 1. The van der Waals surface area contributed by atoms with Crippen LogP contribution in [-0.2, 0) is 9.53 Å². The number of hydrogen-bond acceptors (Lipinski definition) is 4. The van der Waals surface area contributed by atoms with E-state index in [1.165, 1.54) is 19.3 Å². The molecule has 26 heavy (non-hydrogen) atoms. The number of para-hydroxylation sites is 2. The van der Waals surface area contributed by atoms with Crippen molar-refractivity contribution in [3.63, 3.8) is 0 Å². The van der Waals surface area contributed by atoms with Crippen LogP contribution < -0.4 is 15.0 Å². The summed E-state index contributed by atoms with van der Waals surface area (Å²) in [6.45, 7) is 4.21. The maximum atomic E-state index is 12.3. The third kappa shape index (κ3) is 4.91. The Labute approximate surface area is 157 Å². The topological polar surface area (TPSA) is 50.8 Å². The van der Waals surface area contributed by atoms with Gasteiger partial charge in [-0.15, -0.1) is 0 Å². The number of nitrogens with one attached hydrogen (secondary N) is 1. The molecule has 1 amide bonds. The summed E-state index contributed by atoms with van der Waals surface area (Å²) in [6.07, 6.45) is 7.11. The third-order valence-corrected chi connectivity index (χ3v) is 5.67. The van der Waals surface area contributed by atoms with Crippen LogP contribution >= 0.6 is 0 Å². The molecule has 0 radical (unpaired) electrons. The Hall–Kier alpha value is -1.75.